The molecule has 23 heavy (non-hydrogen) atoms. The second kappa shape index (κ2) is 7.59. The fraction of sp³-hybridized carbons (Fsp3) is 0.500. The van der Waals surface area contributed by atoms with Crippen molar-refractivity contribution in [2.75, 3.05) is 12.3 Å². The van der Waals surface area contributed by atoms with Gasteiger partial charge in [-0.3, -0.25) is 4.79 Å². The van der Waals surface area contributed by atoms with E-state index in [1.807, 2.05) is 35.2 Å². The molecule has 1 aromatic carbocycles. The Morgan fingerprint density at radius 3 is 2.91 bits per heavy atom. The summed E-state index contributed by atoms with van der Waals surface area (Å²) in [6.07, 6.45) is 3.42. The van der Waals surface area contributed by atoms with Crippen LogP contribution in [0.4, 0.5) is 0 Å². The number of carbonyl (C=O) groups is 1. The van der Waals surface area contributed by atoms with Gasteiger partial charge in [-0.25, -0.2) is 4.68 Å². The van der Waals surface area contributed by atoms with Crippen LogP contribution in [0.5, 0.6) is 0 Å². The Bertz CT molecular complexity index is 645. The normalized spacial score (nSPS) is 18.1. The molecule has 0 bridgehead atoms. The molecule has 122 valence electrons. The first kappa shape index (κ1) is 16.0. The number of thioether (sulfide) groups is 1. The SMILES string of the molecule is CC1CCCCN1C(=O)CSc1nnnn1Cc1ccccc1. The Morgan fingerprint density at radius 2 is 2.13 bits per heavy atom. The molecule has 0 N–H and O–H groups in total. The average molecular weight is 331 g/mol. The summed E-state index contributed by atoms with van der Waals surface area (Å²) >= 11 is 1.41. The van der Waals surface area contributed by atoms with Crippen LogP contribution in [-0.2, 0) is 11.3 Å². The summed E-state index contributed by atoms with van der Waals surface area (Å²) in [6.45, 7) is 3.61. The first-order valence-corrected chi connectivity index (χ1v) is 8.95. The van der Waals surface area contributed by atoms with Crippen molar-refractivity contribution in [1.82, 2.24) is 25.1 Å². The standard InChI is InChI=1S/C16H21N5OS/c1-13-7-5-6-10-20(13)15(22)12-23-16-17-18-19-21(16)11-14-8-3-2-4-9-14/h2-4,8-9,13H,5-7,10-12H2,1H3. The van der Waals surface area contributed by atoms with Crippen LogP contribution in [0, 0.1) is 0 Å². The average Bonchev–Trinajstić information content (AvgIpc) is 3.01. The molecule has 7 heteroatoms. The van der Waals surface area contributed by atoms with E-state index in [1.165, 1.54) is 18.2 Å². The number of amides is 1. The third kappa shape index (κ3) is 4.10. The summed E-state index contributed by atoms with van der Waals surface area (Å²) in [6, 6.07) is 10.4. The van der Waals surface area contributed by atoms with Gasteiger partial charge in [-0.15, -0.1) is 5.10 Å². The van der Waals surface area contributed by atoms with Gasteiger partial charge in [0.2, 0.25) is 11.1 Å². The van der Waals surface area contributed by atoms with E-state index in [4.69, 9.17) is 0 Å². The van der Waals surface area contributed by atoms with Gasteiger partial charge in [-0.05, 0) is 42.2 Å². The van der Waals surface area contributed by atoms with E-state index >= 15 is 0 Å². The van der Waals surface area contributed by atoms with E-state index in [2.05, 4.69) is 22.4 Å². The zero-order chi connectivity index (χ0) is 16.1. The van der Waals surface area contributed by atoms with Gasteiger partial charge in [-0.1, -0.05) is 42.1 Å². The van der Waals surface area contributed by atoms with Crippen LogP contribution in [0.25, 0.3) is 0 Å². The summed E-state index contributed by atoms with van der Waals surface area (Å²) in [7, 11) is 0. The second-order valence-corrected chi connectivity index (χ2v) is 6.77. The summed E-state index contributed by atoms with van der Waals surface area (Å²) in [5.41, 5.74) is 1.14. The highest BCUT2D eigenvalue weighted by Gasteiger charge is 2.23. The van der Waals surface area contributed by atoms with Crippen LogP contribution in [0.2, 0.25) is 0 Å². The van der Waals surface area contributed by atoms with Crippen LogP contribution in [0.1, 0.15) is 31.7 Å². The molecular formula is C16H21N5OS. The maximum atomic E-state index is 12.4. The predicted octanol–water partition coefficient (Wildman–Crippen LogP) is 2.21. The molecule has 1 aliphatic rings. The van der Waals surface area contributed by atoms with Gasteiger partial charge in [0.25, 0.3) is 0 Å². The summed E-state index contributed by atoms with van der Waals surface area (Å²) in [5.74, 6) is 0.566. The Morgan fingerprint density at radius 1 is 1.30 bits per heavy atom. The maximum Gasteiger partial charge on any atom is 0.233 e. The Kier molecular flexibility index (Phi) is 5.27. The number of aromatic nitrogens is 4. The van der Waals surface area contributed by atoms with E-state index < -0.39 is 0 Å². The largest absolute Gasteiger partial charge is 0.339 e. The van der Waals surface area contributed by atoms with Crippen LogP contribution < -0.4 is 0 Å². The number of nitrogens with zero attached hydrogens (tertiary/aromatic N) is 5. The topological polar surface area (TPSA) is 63.9 Å². The summed E-state index contributed by atoms with van der Waals surface area (Å²) in [4.78, 5) is 14.4. The highest BCUT2D eigenvalue weighted by molar-refractivity contribution is 7.99. The lowest BCUT2D eigenvalue weighted by atomic mass is 10.0. The predicted molar refractivity (Wildman–Crippen MR) is 89.1 cm³/mol. The lowest BCUT2D eigenvalue weighted by Crippen LogP contribution is -2.43. The minimum Gasteiger partial charge on any atom is -0.339 e. The molecule has 2 heterocycles. The molecule has 1 saturated heterocycles. The van der Waals surface area contributed by atoms with E-state index in [-0.39, 0.29) is 5.91 Å². The number of likely N-dealkylation sites (tertiary alicyclic amines) is 1. The molecule has 1 aliphatic heterocycles. The smallest absolute Gasteiger partial charge is 0.233 e. The second-order valence-electron chi connectivity index (χ2n) is 5.83. The van der Waals surface area contributed by atoms with Crippen molar-refractivity contribution in [3.63, 3.8) is 0 Å². The first-order chi connectivity index (χ1) is 11.2. The van der Waals surface area contributed by atoms with Gasteiger partial charge in [-0.2, -0.15) is 0 Å². The third-order valence-corrected chi connectivity index (χ3v) is 5.06. The quantitative estimate of drug-likeness (QED) is 0.786. The van der Waals surface area contributed by atoms with Crippen molar-refractivity contribution >= 4 is 17.7 Å². The molecule has 1 amide bonds. The molecule has 1 fully saturated rings. The lowest BCUT2D eigenvalue weighted by molar-refractivity contribution is -0.131. The van der Waals surface area contributed by atoms with E-state index in [0.29, 0.717) is 23.5 Å². The fourth-order valence-corrected chi connectivity index (χ4v) is 3.60. The van der Waals surface area contributed by atoms with Crippen molar-refractivity contribution in [2.45, 2.75) is 43.9 Å². The van der Waals surface area contributed by atoms with Crippen molar-refractivity contribution in [2.24, 2.45) is 0 Å². The number of rotatable bonds is 5. The molecule has 3 rings (SSSR count). The zero-order valence-electron chi connectivity index (χ0n) is 13.3. The van der Waals surface area contributed by atoms with Crippen LogP contribution in [-0.4, -0.2) is 49.4 Å². The van der Waals surface area contributed by atoms with Crippen molar-refractivity contribution in [3.05, 3.63) is 35.9 Å². The minimum absolute atomic E-state index is 0.177. The number of hydrogen-bond acceptors (Lipinski definition) is 5. The molecular weight excluding hydrogens is 310 g/mol. The summed E-state index contributed by atoms with van der Waals surface area (Å²) in [5, 5.41) is 12.5. The van der Waals surface area contributed by atoms with Gasteiger partial charge in [0.1, 0.15) is 0 Å². The van der Waals surface area contributed by atoms with E-state index in [0.717, 1.165) is 24.9 Å². The molecule has 2 aromatic rings. The molecule has 0 spiro atoms. The number of benzene rings is 1. The highest BCUT2D eigenvalue weighted by Crippen LogP contribution is 2.20. The third-order valence-electron chi connectivity index (χ3n) is 4.12. The molecule has 0 aliphatic carbocycles. The molecule has 6 nitrogen and oxygen atoms in total. The molecule has 1 aromatic heterocycles. The minimum atomic E-state index is 0.177. The lowest BCUT2D eigenvalue weighted by Gasteiger charge is -2.33. The number of hydrogen-bond donors (Lipinski definition) is 0. The fourth-order valence-electron chi connectivity index (χ4n) is 2.83. The number of piperidine rings is 1. The molecule has 0 radical (unpaired) electrons. The molecule has 1 atom stereocenters. The Labute approximate surface area is 140 Å². The van der Waals surface area contributed by atoms with Crippen molar-refractivity contribution < 1.29 is 4.79 Å². The van der Waals surface area contributed by atoms with Crippen LogP contribution in [0.15, 0.2) is 35.5 Å². The highest BCUT2D eigenvalue weighted by atomic mass is 32.2. The van der Waals surface area contributed by atoms with Gasteiger partial charge >= 0.3 is 0 Å². The Balaban J connectivity index is 1.58. The molecule has 1 unspecified atom stereocenters. The van der Waals surface area contributed by atoms with E-state index in [9.17, 15) is 4.79 Å². The van der Waals surface area contributed by atoms with Crippen LogP contribution >= 0.6 is 11.8 Å². The van der Waals surface area contributed by atoms with Gasteiger partial charge < -0.3 is 4.90 Å². The van der Waals surface area contributed by atoms with Crippen molar-refractivity contribution in [1.29, 1.82) is 0 Å². The zero-order valence-corrected chi connectivity index (χ0v) is 14.1. The van der Waals surface area contributed by atoms with Crippen LogP contribution in [0.3, 0.4) is 0 Å². The van der Waals surface area contributed by atoms with Gasteiger partial charge in [0, 0.05) is 12.6 Å². The molecule has 0 saturated carbocycles. The number of tetrazole rings is 1. The summed E-state index contributed by atoms with van der Waals surface area (Å²) < 4.78 is 1.74. The van der Waals surface area contributed by atoms with Gasteiger partial charge in [0.15, 0.2) is 0 Å². The van der Waals surface area contributed by atoms with Gasteiger partial charge in [0.05, 0.1) is 12.3 Å². The monoisotopic (exact) mass is 331 g/mol. The Hall–Kier alpha value is -1.89. The number of carbonyl (C=O) groups excluding carboxylic acids is 1. The maximum absolute atomic E-state index is 12.4. The first-order valence-electron chi connectivity index (χ1n) is 7.96. The van der Waals surface area contributed by atoms with Crippen molar-refractivity contribution in [3.8, 4) is 0 Å². The van der Waals surface area contributed by atoms with E-state index in [1.54, 1.807) is 4.68 Å².